The Morgan fingerprint density at radius 3 is 2.73 bits per heavy atom. The maximum Gasteiger partial charge on any atom is 0.191 e. The van der Waals surface area contributed by atoms with Crippen molar-refractivity contribution >= 4 is 41.3 Å². The zero-order valence-corrected chi connectivity index (χ0v) is 18.5. The average Bonchev–Trinajstić information content (AvgIpc) is 3.08. The first-order valence-corrected chi connectivity index (χ1v) is 9.26. The fraction of sp³-hybridized carbons (Fsp3) is 0.444. The van der Waals surface area contributed by atoms with Gasteiger partial charge in [-0.3, -0.25) is 0 Å². The molecule has 0 aliphatic rings. The van der Waals surface area contributed by atoms with Gasteiger partial charge in [-0.25, -0.2) is 14.4 Å². The molecule has 2 N–H and O–H groups in total. The van der Waals surface area contributed by atoms with E-state index in [1.807, 2.05) is 19.2 Å². The molecule has 0 radical (unpaired) electrons. The molecule has 144 valence electrons. The van der Waals surface area contributed by atoms with Crippen LogP contribution in [0.15, 0.2) is 29.4 Å². The van der Waals surface area contributed by atoms with Crippen LogP contribution in [0.1, 0.15) is 29.3 Å². The van der Waals surface area contributed by atoms with Gasteiger partial charge < -0.3 is 15.4 Å². The smallest absolute Gasteiger partial charge is 0.191 e. The predicted octanol–water partition coefficient (Wildman–Crippen LogP) is 3.77. The first kappa shape index (κ1) is 22.6. The molecule has 0 amide bonds. The summed E-state index contributed by atoms with van der Waals surface area (Å²) in [5.41, 5.74) is 0.794. The van der Waals surface area contributed by atoms with Crippen LogP contribution in [-0.4, -0.2) is 31.1 Å². The average molecular weight is 492 g/mol. The summed E-state index contributed by atoms with van der Waals surface area (Å²) in [5, 5.41) is 7.61. The molecular formula is C18H26FIN4OS. The Bertz CT molecular complexity index is 708. The van der Waals surface area contributed by atoms with Crippen LogP contribution in [0.3, 0.4) is 0 Å². The van der Waals surface area contributed by atoms with Crippen LogP contribution in [0.5, 0.6) is 5.75 Å². The highest BCUT2D eigenvalue weighted by atomic mass is 127. The second-order valence-electron chi connectivity index (χ2n) is 5.41. The summed E-state index contributed by atoms with van der Waals surface area (Å²) in [6.45, 7) is 6.05. The number of ether oxygens (including phenoxy) is 1. The molecule has 0 saturated heterocycles. The molecule has 1 aromatic heterocycles. The van der Waals surface area contributed by atoms with Gasteiger partial charge in [0, 0.05) is 30.6 Å². The number of hydrogen-bond donors (Lipinski definition) is 2. The minimum absolute atomic E-state index is 0. The lowest BCUT2D eigenvalue weighted by atomic mass is 10.2. The van der Waals surface area contributed by atoms with Crippen LogP contribution >= 0.6 is 35.3 Å². The quantitative estimate of drug-likeness (QED) is 0.335. The van der Waals surface area contributed by atoms with Crippen LogP contribution in [-0.2, 0) is 19.4 Å². The largest absolute Gasteiger partial charge is 0.494 e. The Labute approximate surface area is 175 Å². The van der Waals surface area contributed by atoms with Gasteiger partial charge in [-0.15, -0.1) is 35.3 Å². The standard InChI is InChI=1S/C18H25FN4OS.HI/c1-4-14-12-22-17(25-14)8-9-21-18(20-5-2)23-11-13-6-7-16(24-3)15(19)10-13;/h6-7,10,12H,4-5,8-9,11H2,1-3H3,(H2,20,21,23);1H. The van der Waals surface area contributed by atoms with Crippen molar-refractivity contribution in [2.75, 3.05) is 20.2 Å². The van der Waals surface area contributed by atoms with Gasteiger partial charge in [-0.2, -0.15) is 0 Å². The summed E-state index contributed by atoms with van der Waals surface area (Å²) in [6.07, 6.45) is 3.82. The van der Waals surface area contributed by atoms with Gasteiger partial charge in [0.05, 0.1) is 18.7 Å². The number of hydrogen-bond acceptors (Lipinski definition) is 4. The summed E-state index contributed by atoms with van der Waals surface area (Å²) in [7, 11) is 1.45. The van der Waals surface area contributed by atoms with E-state index in [1.54, 1.807) is 17.4 Å². The van der Waals surface area contributed by atoms with E-state index in [0.29, 0.717) is 12.5 Å². The molecule has 5 nitrogen and oxygen atoms in total. The monoisotopic (exact) mass is 492 g/mol. The van der Waals surface area contributed by atoms with Gasteiger partial charge in [-0.1, -0.05) is 13.0 Å². The Kier molecular flexibility index (Phi) is 10.5. The molecule has 0 unspecified atom stereocenters. The molecular weight excluding hydrogens is 466 g/mol. The number of guanidine groups is 1. The molecule has 0 saturated carbocycles. The summed E-state index contributed by atoms with van der Waals surface area (Å²) in [6, 6.07) is 4.89. The summed E-state index contributed by atoms with van der Waals surface area (Å²) in [5.74, 6) is 0.585. The minimum atomic E-state index is -0.372. The molecule has 1 heterocycles. The van der Waals surface area contributed by atoms with Crippen molar-refractivity contribution < 1.29 is 9.13 Å². The third-order valence-corrected chi connectivity index (χ3v) is 4.76. The number of nitrogens with zero attached hydrogens (tertiary/aromatic N) is 2. The highest BCUT2D eigenvalue weighted by molar-refractivity contribution is 14.0. The molecule has 0 aliphatic carbocycles. The van der Waals surface area contributed by atoms with E-state index in [9.17, 15) is 4.39 Å². The van der Waals surface area contributed by atoms with Crippen molar-refractivity contribution in [3.8, 4) is 5.75 Å². The summed E-state index contributed by atoms with van der Waals surface area (Å²) >= 11 is 1.75. The number of thiazole rings is 1. The van der Waals surface area contributed by atoms with Gasteiger partial charge in [0.2, 0.25) is 0 Å². The van der Waals surface area contributed by atoms with E-state index >= 15 is 0 Å². The fourth-order valence-electron chi connectivity index (χ4n) is 2.24. The summed E-state index contributed by atoms with van der Waals surface area (Å²) in [4.78, 5) is 10.2. The second-order valence-corrected chi connectivity index (χ2v) is 6.61. The lowest BCUT2D eigenvalue weighted by molar-refractivity contribution is 0.386. The van der Waals surface area contributed by atoms with E-state index in [0.717, 1.165) is 36.5 Å². The van der Waals surface area contributed by atoms with Crippen LogP contribution < -0.4 is 15.4 Å². The molecule has 0 aliphatic heterocycles. The Morgan fingerprint density at radius 2 is 2.12 bits per heavy atom. The van der Waals surface area contributed by atoms with Crippen molar-refractivity contribution in [2.45, 2.75) is 33.2 Å². The number of aryl methyl sites for hydroxylation is 1. The van der Waals surface area contributed by atoms with Crippen molar-refractivity contribution in [2.24, 2.45) is 4.99 Å². The molecule has 1 aromatic carbocycles. The topological polar surface area (TPSA) is 58.5 Å². The highest BCUT2D eigenvalue weighted by Crippen LogP contribution is 2.18. The van der Waals surface area contributed by atoms with Gasteiger partial charge in [0.1, 0.15) is 0 Å². The molecule has 0 atom stereocenters. The van der Waals surface area contributed by atoms with Crippen molar-refractivity contribution in [3.05, 3.63) is 45.7 Å². The Hall–Kier alpha value is -1.42. The fourth-order valence-corrected chi connectivity index (χ4v) is 3.10. The number of benzene rings is 1. The van der Waals surface area contributed by atoms with Gasteiger partial charge in [0.15, 0.2) is 17.5 Å². The number of aliphatic imine (C=N–C) groups is 1. The zero-order valence-electron chi connectivity index (χ0n) is 15.3. The lowest BCUT2D eigenvalue weighted by Gasteiger charge is -2.11. The number of halogens is 2. The first-order valence-electron chi connectivity index (χ1n) is 8.44. The van der Waals surface area contributed by atoms with Gasteiger partial charge >= 0.3 is 0 Å². The van der Waals surface area contributed by atoms with E-state index in [1.165, 1.54) is 18.1 Å². The molecule has 0 spiro atoms. The number of methoxy groups -OCH3 is 1. The lowest BCUT2D eigenvalue weighted by Crippen LogP contribution is -2.38. The van der Waals surface area contributed by atoms with E-state index in [4.69, 9.17) is 4.74 Å². The third-order valence-electron chi connectivity index (χ3n) is 3.56. The molecule has 26 heavy (non-hydrogen) atoms. The van der Waals surface area contributed by atoms with Crippen LogP contribution in [0.25, 0.3) is 0 Å². The SMILES string of the molecule is CCNC(=NCc1ccc(OC)c(F)c1)NCCc1ncc(CC)s1.I. The first-order chi connectivity index (χ1) is 12.2. The third kappa shape index (κ3) is 7.06. The number of aromatic nitrogens is 1. The maximum atomic E-state index is 13.7. The van der Waals surface area contributed by atoms with Crippen molar-refractivity contribution in [3.63, 3.8) is 0 Å². The molecule has 2 rings (SSSR count). The second kappa shape index (κ2) is 12.1. The highest BCUT2D eigenvalue weighted by Gasteiger charge is 2.05. The number of nitrogens with one attached hydrogen (secondary N) is 2. The minimum Gasteiger partial charge on any atom is -0.494 e. The summed E-state index contributed by atoms with van der Waals surface area (Å²) < 4.78 is 18.7. The number of rotatable bonds is 8. The van der Waals surface area contributed by atoms with Gasteiger partial charge in [-0.05, 0) is 31.0 Å². The zero-order chi connectivity index (χ0) is 18.1. The molecule has 0 fully saturated rings. The van der Waals surface area contributed by atoms with Crippen LogP contribution in [0.4, 0.5) is 4.39 Å². The van der Waals surface area contributed by atoms with Crippen molar-refractivity contribution in [1.82, 2.24) is 15.6 Å². The maximum absolute atomic E-state index is 13.7. The Balaban J connectivity index is 0.00000338. The molecule has 8 heteroatoms. The van der Waals surface area contributed by atoms with E-state index < -0.39 is 0 Å². The predicted molar refractivity (Wildman–Crippen MR) is 116 cm³/mol. The van der Waals surface area contributed by atoms with Crippen molar-refractivity contribution in [1.29, 1.82) is 0 Å². The van der Waals surface area contributed by atoms with Gasteiger partial charge in [0.25, 0.3) is 0 Å². The van der Waals surface area contributed by atoms with E-state index in [2.05, 4.69) is 27.5 Å². The van der Waals surface area contributed by atoms with Crippen LogP contribution in [0, 0.1) is 5.82 Å². The Morgan fingerprint density at radius 1 is 1.31 bits per heavy atom. The van der Waals surface area contributed by atoms with Crippen LogP contribution in [0.2, 0.25) is 0 Å². The normalized spacial score (nSPS) is 11.0. The molecule has 2 aromatic rings. The van der Waals surface area contributed by atoms with E-state index in [-0.39, 0.29) is 35.5 Å². The molecule has 0 bridgehead atoms.